The molecule has 3 aromatic rings. The lowest BCUT2D eigenvalue weighted by Gasteiger charge is -2.38. The Morgan fingerprint density at radius 3 is 2.69 bits per heavy atom. The summed E-state index contributed by atoms with van der Waals surface area (Å²) >= 11 is 0. The summed E-state index contributed by atoms with van der Waals surface area (Å²) in [5, 5.41) is 11.8. The van der Waals surface area contributed by atoms with Gasteiger partial charge in [-0.3, -0.25) is 4.90 Å². The predicted octanol–water partition coefficient (Wildman–Crippen LogP) is 5.32. The molecule has 0 amide bonds. The molecule has 1 aliphatic rings. The lowest BCUT2D eigenvalue weighted by Crippen LogP contribution is -2.37. The highest BCUT2D eigenvalue weighted by molar-refractivity contribution is 8.15. The number of hydrogen-bond acceptors (Lipinski definition) is 3. The maximum atomic E-state index is 9.91. The lowest BCUT2D eigenvalue weighted by molar-refractivity contribution is 0.186. The molecule has 0 saturated heterocycles. The van der Waals surface area contributed by atoms with Crippen molar-refractivity contribution < 1.29 is 14.6 Å². The van der Waals surface area contributed by atoms with Crippen molar-refractivity contribution in [2.75, 3.05) is 39.3 Å². The summed E-state index contributed by atoms with van der Waals surface area (Å²) in [5.74, 6) is 2.57. The van der Waals surface area contributed by atoms with Crippen molar-refractivity contribution in [3.63, 3.8) is 0 Å². The minimum Gasteiger partial charge on any atom is -0.493 e. The van der Waals surface area contributed by atoms with Crippen LogP contribution in [0.1, 0.15) is 36.1 Å². The number of nitrogens with one attached hydrogen (secondary N) is 1. The van der Waals surface area contributed by atoms with Crippen LogP contribution in [0.3, 0.4) is 0 Å². The second-order valence-electron chi connectivity index (χ2n) is 8.47. The molecule has 0 spiro atoms. The number of aromatic nitrogens is 1. The van der Waals surface area contributed by atoms with Gasteiger partial charge in [-0.25, -0.2) is 0 Å². The number of benzene rings is 2. The standard InChI is InChI=1S/C26H34N2O3S/c1-18(29)32(4)14-13-28-12-11-19-15-25(30-2)26(31-3)16-22(19)24(28)10-9-20-17-27-23-8-6-5-7-21(20)23/h5-8,15-17,24,27,29H,9-14H2,1-4H3/t24-,32?/m0/s1. The first kappa shape index (κ1) is 22.9. The summed E-state index contributed by atoms with van der Waals surface area (Å²) in [7, 11) is 3.32. The summed E-state index contributed by atoms with van der Waals surface area (Å²) in [6.45, 7) is 3.81. The Labute approximate surface area is 193 Å². The largest absolute Gasteiger partial charge is 0.493 e. The monoisotopic (exact) mass is 454 g/mol. The van der Waals surface area contributed by atoms with Gasteiger partial charge in [0.25, 0.3) is 0 Å². The minimum atomic E-state index is -0.0785. The van der Waals surface area contributed by atoms with Crippen molar-refractivity contribution in [3.8, 4) is 11.5 Å². The number of rotatable bonds is 8. The van der Waals surface area contributed by atoms with Crippen molar-refractivity contribution in [3.05, 3.63) is 59.3 Å². The molecule has 2 atom stereocenters. The first-order valence-electron chi connectivity index (χ1n) is 11.2. The van der Waals surface area contributed by atoms with Crippen molar-refractivity contribution in [1.82, 2.24) is 9.88 Å². The Morgan fingerprint density at radius 2 is 1.94 bits per heavy atom. The molecule has 1 unspecified atom stereocenters. The molecule has 1 aliphatic heterocycles. The second-order valence-corrected chi connectivity index (χ2v) is 10.7. The summed E-state index contributed by atoms with van der Waals surface area (Å²) < 4.78 is 11.2. The highest BCUT2D eigenvalue weighted by Gasteiger charge is 2.29. The van der Waals surface area contributed by atoms with Gasteiger partial charge in [0, 0.05) is 42.0 Å². The van der Waals surface area contributed by atoms with E-state index in [-0.39, 0.29) is 10.5 Å². The van der Waals surface area contributed by atoms with Gasteiger partial charge in [-0.15, -0.1) is 0 Å². The van der Waals surface area contributed by atoms with Crippen molar-refractivity contribution in [2.45, 2.75) is 32.2 Å². The Balaban J connectivity index is 1.64. The van der Waals surface area contributed by atoms with Gasteiger partial charge in [0.05, 0.1) is 19.3 Å². The quantitative estimate of drug-likeness (QED) is 0.452. The summed E-state index contributed by atoms with van der Waals surface area (Å²) in [5.41, 5.74) is 5.25. The minimum absolute atomic E-state index is 0.0785. The topological polar surface area (TPSA) is 57.7 Å². The van der Waals surface area contributed by atoms with Crippen LogP contribution in [0.4, 0.5) is 0 Å². The Morgan fingerprint density at radius 1 is 1.19 bits per heavy atom. The van der Waals surface area contributed by atoms with E-state index in [2.05, 4.69) is 58.7 Å². The Hall–Kier alpha value is -2.28. The molecule has 1 aromatic heterocycles. The van der Waals surface area contributed by atoms with E-state index in [9.17, 15) is 5.11 Å². The molecule has 2 N–H and O–H groups in total. The van der Waals surface area contributed by atoms with E-state index in [4.69, 9.17) is 9.47 Å². The third kappa shape index (κ3) is 4.72. The molecule has 0 bridgehead atoms. The average molecular weight is 455 g/mol. The van der Waals surface area contributed by atoms with E-state index in [1.807, 2.05) is 6.92 Å². The van der Waals surface area contributed by atoms with Gasteiger partial charge in [0.15, 0.2) is 11.5 Å². The molecule has 2 aromatic carbocycles. The summed E-state index contributed by atoms with van der Waals surface area (Å²) in [6.07, 6.45) is 7.31. The molecule has 5 nitrogen and oxygen atoms in total. The predicted molar refractivity (Wildman–Crippen MR) is 136 cm³/mol. The molecule has 4 rings (SSSR count). The fourth-order valence-electron chi connectivity index (χ4n) is 4.72. The SMILES string of the molecule is COc1cc2c(cc1OC)[C@H](CCc1c[nH]c3ccccc13)N(CC/S(C)=C(\C)O)CC2. The molecule has 0 radical (unpaired) electrons. The summed E-state index contributed by atoms with van der Waals surface area (Å²) in [4.78, 5) is 6.01. The summed E-state index contributed by atoms with van der Waals surface area (Å²) in [6, 6.07) is 13.1. The number of aromatic amines is 1. The molecule has 2 heterocycles. The number of para-hydroxylation sites is 1. The number of hydrogen-bond donors (Lipinski definition) is 2. The zero-order valence-corrected chi connectivity index (χ0v) is 20.3. The van der Waals surface area contributed by atoms with Crippen LogP contribution in [0.2, 0.25) is 0 Å². The maximum Gasteiger partial charge on any atom is 0.161 e. The number of methoxy groups -OCH3 is 2. The normalized spacial score (nSPS) is 17.8. The highest BCUT2D eigenvalue weighted by Crippen LogP contribution is 2.40. The van der Waals surface area contributed by atoms with Gasteiger partial charge in [-0.1, -0.05) is 18.2 Å². The third-order valence-corrected chi connectivity index (χ3v) is 8.47. The van der Waals surface area contributed by atoms with E-state index in [1.165, 1.54) is 27.6 Å². The fraction of sp³-hybridized carbons (Fsp3) is 0.423. The molecular formula is C26H34N2O3S. The molecule has 172 valence electrons. The van der Waals surface area contributed by atoms with E-state index in [1.54, 1.807) is 14.2 Å². The number of fused-ring (bicyclic) bond motifs is 2. The molecule has 0 aliphatic carbocycles. The molecule has 0 fully saturated rings. The molecule has 0 saturated carbocycles. The van der Waals surface area contributed by atoms with E-state index < -0.39 is 0 Å². The van der Waals surface area contributed by atoms with Crippen LogP contribution < -0.4 is 9.47 Å². The van der Waals surface area contributed by atoms with Crippen LogP contribution in [0.5, 0.6) is 11.5 Å². The number of nitrogens with zero attached hydrogens (tertiary/aromatic N) is 1. The first-order valence-corrected chi connectivity index (χ1v) is 13.0. The first-order chi connectivity index (χ1) is 15.5. The fourth-order valence-corrected chi connectivity index (χ4v) is 5.52. The van der Waals surface area contributed by atoms with Gasteiger partial charge < -0.3 is 19.6 Å². The Kier molecular flexibility index (Phi) is 7.23. The molecule has 6 heteroatoms. The zero-order chi connectivity index (χ0) is 22.7. The van der Waals surface area contributed by atoms with Crippen molar-refractivity contribution >= 4 is 26.4 Å². The zero-order valence-electron chi connectivity index (χ0n) is 19.5. The Bertz CT molecular complexity index is 1120. The smallest absolute Gasteiger partial charge is 0.161 e. The van der Waals surface area contributed by atoms with E-state index >= 15 is 0 Å². The van der Waals surface area contributed by atoms with Gasteiger partial charge >= 0.3 is 0 Å². The van der Waals surface area contributed by atoms with Crippen molar-refractivity contribution in [2.24, 2.45) is 0 Å². The lowest BCUT2D eigenvalue weighted by atomic mass is 9.88. The number of aliphatic hydroxyl groups is 1. The van der Waals surface area contributed by atoms with Crippen LogP contribution in [-0.2, 0) is 12.8 Å². The van der Waals surface area contributed by atoms with Gasteiger partial charge in [0.1, 0.15) is 0 Å². The van der Waals surface area contributed by atoms with E-state index in [0.717, 1.165) is 49.6 Å². The van der Waals surface area contributed by atoms with Gasteiger partial charge in [0.2, 0.25) is 0 Å². The van der Waals surface area contributed by atoms with Crippen LogP contribution in [0.15, 0.2) is 42.6 Å². The number of H-pyrrole nitrogens is 1. The molecule has 32 heavy (non-hydrogen) atoms. The number of aliphatic hydroxyl groups excluding tert-OH is 1. The van der Waals surface area contributed by atoms with Crippen LogP contribution >= 0.6 is 10.5 Å². The molecular weight excluding hydrogens is 420 g/mol. The number of ether oxygens (including phenoxy) is 2. The van der Waals surface area contributed by atoms with Gasteiger partial charge in [-0.2, -0.15) is 10.5 Å². The average Bonchev–Trinajstić information content (AvgIpc) is 3.23. The highest BCUT2D eigenvalue weighted by atomic mass is 32.2. The number of aryl methyl sites for hydroxylation is 1. The van der Waals surface area contributed by atoms with Crippen LogP contribution in [0.25, 0.3) is 10.9 Å². The van der Waals surface area contributed by atoms with Crippen LogP contribution in [-0.4, -0.2) is 59.4 Å². The second kappa shape index (κ2) is 10.1. The van der Waals surface area contributed by atoms with Gasteiger partial charge in [-0.05, 0) is 67.3 Å². The van der Waals surface area contributed by atoms with Crippen LogP contribution in [0, 0.1) is 0 Å². The van der Waals surface area contributed by atoms with E-state index in [0.29, 0.717) is 11.1 Å². The van der Waals surface area contributed by atoms with Crippen molar-refractivity contribution in [1.29, 1.82) is 0 Å². The third-order valence-electron chi connectivity index (χ3n) is 6.66. The maximum absolute atomic E-state index is 9.91.